The fourth-order valence-electron chi connectivity index (χ4n) is 6.25. The number of aromatic nitrogens is 6. The lowest BCUT2D eigenvalue weighted by Gasteiger charge is -2.43. The lowest BCUT2D eigenvalue weighted by molar-refractivity contribution is -0.212. The molecular formula is C25H30F2N6O4. The van der Waals surface area contributed by atoms with Crippen LogP contribution in [0.2, 0.25) is 0 Å². The average Bonchev–Trinajstić information content (AvgIpc) is 3.38. The molecule has 1 saturated heterocycles. The third kappa shape index (κ3) is 4.15. The number of hydrogen-bond donors (Lipinski definition) is 2. The normalized spacial score (nSPS) is 33.0. The van der Waals surface area contributed by atoms with E-state index in [0.29, 0.717) is 24.3 Å². The van der Waals surface area contributed by atoms with Crippen molar-refractivity contribution in [1.82, 2.24) is 30.0 Å². The van der Waals surface area contributed by atoms with Crippen LogP contribution in [0, 0.1) is 30.4 Å². The lowest BCUT2D eigenvalue weighted by atomic mass is 9.90. The van der Waals surface area contributed by atoms with Gasteiger partial charge in [-0.05, 0) is 43.2 Å². The fraction of sp³-hybridized carbons (Fsp3) is 0.600. The molecule has 10 nitrogen and oxygen atoms in total. The number of halogens is 2. The number of aryl methyl sites for hydroxylation is 1. The van der Waals surface area contributed by atoms with E-state index in [1.807, 2.05) is 10.9 Å². The van der Waals surface area contributed by atoms with Crippen LogP contribution in [-0.4, -0.2) is 78.3 Å². The van der Waals surface area contributed by atoms with Gasteiger partial charge in [-0.3, -0.25) is 0 Å². The summed E-state index contributed by atoms with van der Waals surface area (Å²) < 4.78 is 43.8. The van der Waals surface area contributed by atoms with Gasteiger partial charge < -0.3 is 19.7 Å². The first-order valence-corrected chi connectivity index (χ1v) is 12.7. The second-order valence-corrected chi connectivity index (χ2v) is 10.4. The summed E-state index contributed by atoms with van der Waals surface area (Å²) >= 11 is 0. The highest BCUT2D eigenvalue weighted by Gasteiger charge is 2.54. The van der Waals surface area contributed by atoms with Crippen molar-refractivity contribution in [2.75, 3.05) is 13.7 Å². The Morgan fingerprint density at radius 3 is 2.49 bits per heavy atom. The minimum Gasteiger partial charge on any atom is -0.394 e. The van der Waals surface area contributed by atoms with Crippen LogP contribution in [0.15, 0.2) is 24.5 Å². The molecule has 0 amide bonds. The highest BCUT2D eigenvalue weighted by Crippen LogP contribution is 2.60. The summed E-state index contributed by atoms with van der Waals surface area (Å²) in [6.45, 7) is 1.05. The maximum atomic E-state index is 14.6. The Kier molecular flexibility index (Phi) is 6.30. The third-order valence-corrected chi connectivity index (χ3v) is 8.24. The van der Waals surface area contributed by atoms with Gasteiger partial charge in [-0.25, -0.2) is 18.1 Å². The van der Waals surface area contributed by atoms with E-state index in [4.69, 9.17) is 9.47 Å². The maximum Gasteiger partial charge on any atom is 0.168 e. The van der Waals surface area contributed by atoms with E-state index in [0.717, 1.165) is 5.69 Å². The molecule has 2 aliphatic carbocycles. The molecule has 3 fully saturated rings. The summed E-state index contributed by atoms with van der Waals surface area (Å²) in [6.07, 6.45) is 4.08. The molecule has 37 heavy (non-hydrogen) atoms. The zero-order chi connectivity index (χ0) is 25.8. The van der Waals surface area contributed by atoms with Crippen molar-refractivity contribution < 1.29 is 28.5 Å². The molecule has 3 aromatic rings. The SMILES string of the molecule is CO[C@@H]1[C@@H](n2cc(-c3ccc(C)c(F)c3F)nn2)[C@@H](O)[C@@H](CO)O[C@@H]1Cc1cn(C2[C@H]3CCC[C@@H]23)nn1. The summed E-state index contributed by atoms with van der Waals surface area (Å²) in [5.41, 5.74) is 0.977. The minimum atomic E-state index is -1.19. The number of aliphatic hydroxyl groups is 2. The topological polar surface area (TPSA) is 120 Å². The van der Waals surface area contributed by atoms with E-state index >= 15 is 0 Å². The lowest BCUT2D eigenvalue weighted by Crippen LogP contribution is -2.57. The van der Waals surface area contributed by atoms with E-state index < -0.39 is 48.7 Å². The Labute approximate surface area is 212 Å². The first-order valence-electron chi connectivity index (χ1n) is 12.7. The standard InChI is InChI=1S/C25H30F2N6O4/c1-12-6-7-16(21(27)20(12)26)17-10-33(31-29-17)23-24(35)19(11-34)37-18(25(23)36-2)8-13-9-32(30-28-13)22-14-4-3-5-15(14)22/h6-7,9-10,14-15,18-19,22-25,34-35H,3-5,8,11H2,1-2H3/t14-,15+,18-,19-,22?,23+,24+,25+/m1/s1. The summed E-state index contributed by atoms with van der Waals surface area (Å²) in [5, 5.41) is 37.8. The number of methoxy groups -OCH3 is 1. The van der Waals surface area contributed by atoms with Crippen LogP contribution in [0.5, 0.6) is 0 Å². The third-order valence-electron chi connectivity index (χ3n) is 8.24. The van der Waals surface area contributed by atoms with Gasteiger partial charge in [0.2, 0.25) is 0 Å². The van der Waals surface area contributed by atoms with Crippen molar-refractivity contribution in [2.24, 2.45) is 11.8 Å². The van der Waals surface area contributed by atoms with Crippen LogP contribution in [-0.2, 0) is 15.9 Å². The predicted octanol–water partition coefficient (Wildman–Crippen LogP) is 2.01. The first-order chi connectivity index (χ1) is 17.9. The smallest absolute Gasteiger partial charge is 0.168 e. The number of rotatable bonds is 7. The maximum absolute atomic E-state index is 14.6. The Morgan fingerprint density at radius 2 is 1.76 bits per heavy atom. The van der Waals surface area contributed by atoms with Gasteiger partial charge in [0.15, 0.2) is 11.6 Å². The molecule has 1 unspecified atom stereocenters. The Hall–Kier alpha value is -2.80. The van der Waals surface area contributed by atoms with Gasteiger partial charge >= 0.3 is 0 Å². The summed E-state index contributed by atoms with van der Waals surface area (Å²) in [6, 6.07) is 2.51. The Morgan fingerprint density at radius 1 is 1.03 bits per heavy atom. The second kappa shape index (κ2) is 9.50. The van der Waals surface area contributed by atoms with E-state index in [2.05, 4.69) is 20.6 Å². The van der Waals surface area contributed by atoms with Gasteiger partial charge in [0.25, 0.3) is 0 Å². The van der Waals surface area contributed by atoms with Crippen molar-refractivity contribution in [3.8, 4) is 11.3 Å². The Bertz CT molecular complexity index is 1270. The van der Waals surface area contributed by atoms with Crippen molar-refractivity contribution in [3.63, 3.8) is 0 Å². The van der Waals surface area contributed by atoms with Crippen LogP contribution in [0.25, 0.3) is 11.3 Å². The van der Waals surface area contributed by atoms with Crippen molar-refractivity contribution in [1.29, 1.82) is 0 Å². The molecule has 3 heterocycles. The quantitative estimate of drug-likeness (QED) is 0.490. The molecule has 6 rings (SSSR count). The van der Waals surface area contributed by atoms with Crippen LogP contribution in [0.1, 0.15) is 42.6 Å². The average molecular weight is 517 g/mol. The van der Waals surface area contributed by atoms with Crippen molar-refractivity contribution >= 4 is 0 Å². The summed E-state index contributed by atoms with van der Waals surface area (Å²) in [4.78, 5) is 0. The van der Waals surface area contributed by atoms with Crippen molar-refractivity contribution in [2.45, 2.75) is 69.1 Å². The molecule has 12 heteroatoms. The molecule has 0 bridgehead atoms. The van der Waals surface area contributed by atoms with Gasteiger partial charge in [0.05, 0.1) is 30.6 Å². The highest BCUT2D eigenvalue weighted by molar-refractivity contribution is 5.59. The predicted molar refractivity (Wildman–Crippen MR) is 125 cm³/mol. The van der Waals surface area contributed by atoms with Crippen LogP contribution < -0.4 is 0 Å². The number of aliphatic hydroxyl groups excluding tert-OH is 2. The molecule has 2 saturated carbocycles. The summed E-state index contributed by atoms with van der Waals surface area (Å²) in [5.74, 6) is -0.578. The number of fused-ring (bicyclic) bond motifs is 1. The second-order valence-electron chi connectivity index (χ2n) is 10.4. The highest BCUT2D eigenvalue weighted by atomic mass is 19.2. The molecule has 3 aliphatic rings. The van der Waals surface area contributed by atoms with E-state index in [1.54, 1.807) is 0 Å². The minimum absolute atomic E-state index is 0.0402. The number of ether oxygens (including phenoxy) is 2. The molecule has 2 N–H and O–H groups in total. The molecule has 1 aromatic carbocycles. The summed E-state index contributed by atoms with van der Waals surface area (Å²) in [7, 11) is 1.50. The zero-order valence-electron chi connectivity index (χ0n) is 20.6. The Balaban J connectivity index is 1.26. The molecule has 0 radical (unpaired) electrons. The van der Waals surface area contributed by atoms with E-state index in [1.165, 1.54) is 56.3 Å². The van der Waals surface area contributed by atoms with Gasteiger partial charge in [-0.2, -0.15) is 0 Å². The van der Waals surface area contributed by atoms with Gasteiger partial charge in [0, 0.05) is 25.3 Å². The zero-order valence-corrected chi connectivity index (χ0v) is 20.6. The largest absolute Gasteiger partial charge is 0.394 e. The van der Waals surface area contributed by atoms with Crippen LogP contribution >= 0.6 is 0 Å². The molecule has 198 valence electrons. The van der Waals surface area contributed by atoms with Crippen molar-refractivity contribution in [3.05, 3.63) is 47.4 Å². The molecule has 2 aromatic heterocycles. The first kappa shape index (κ1) is 24.5. The fourth-order valence-corrected chi connectivity index (χ4v) is 6.25. The van der Waals surface area contributed by atoms with Gasteiger partial charge in [0.1, 0.15) is 30.0 Å². The molecule has 8 atom stereocenters. The molecule has 1 aliphatic heterocycles. The van der Waals surface area contributed by atoms with Gasteiger partial charge in [-0.15, -0.1) is 10.2 Å². The molecule has 0 spiro atoms. The van der Waals surface area contributed by atoms with Crippen LogP contribution in [0.3, 0.4) is 0 Å². The number of nitrogens with zero attached hydrogens (tertiary/aromatic N) is 6. The van der Waals surface area contributed by atoms with Crippen LogP contribution in [0.4, 0.5) is 8.78 Å². The van der Waals surface area contributed by atoms with Gasteiger partial charge in [-0.1, -0.05) is 22.9 Å². The number of hydrogen-bond acceptors (Lipinski definition) is 8. The number of benzene rings is 1. The molecular weight excluding hydrogens is 486 g/mol. The van der Waals surface area contributed by atoms with E-state index in [-0.39, 0.29) is 16.8 Å². The monoisotopic (exact) mass is 516 g/mol. The van der Waals surface area contributed by atoms with E-state index in [9.17, 15) is 19.0 Å².